The van der Waals surface area contributed by atoms with E-state index in [2.05, 4.69) is 0 Å². The van der Waals surface area contributed by atoms with Gasteiger partial charge in [-0.25, -0.2) is 0 Å². The molecular weight excluding hydrogens is 412 g/mol. The zero-order valence-corrected chi connectivity index (χ0v) is 18.8. The fourth-order valence-corrected chi connectivity index (χ4v) is 3.55. The molecule has 32 heavy (non-hydrogen) atoms. The van der Waals surface area contributed by atoms with Crippen molar-refractivity contribution < 1.29 is 28.5 Å². The molecule has 1 aliphatic heterocycles. The first-order chi connectivity index (χ1) is 15.6. The van der Waals surface area contributed by atoms with E-state index in [9.17, 15) is 9.59 Å². The Hall–Kier alpha value is -3.26. The summed E-state index contributed by atoms with van der Waals surface area (Å²) in [6.07, 6.45) is 0. The summed E-state index contributed by atoms with van der Waals surface area (Å²) in [4.78, 5) is 29.6. The predicted octanol–water partition coefficient (Wildman–Crippen LogP) is 2.72. The number of carbonyl (C=O) groups excluding carboxylic acids is 2. The molecule has 1 fully saturated rings. The molecule has 172 valence electrons. The van der Waals surface area contributed by atoms with Gasteiger partial charge in [0.1, 0.15) is 23.9 Å². The number of carbonyl (C=O) groups is 2. The van der Waals surface area contributed by atoms with Gasteiger partial charge in [-0.3, -0.25) is 9.59 Å². The molecule has 1 aliphatic rings. The zero-order valence-electron chi connectivity index (χ0n) is 18.8. The summed E-state index contributed by atoms with van der Waals surface area (Å²) < 4.78 is 21.6. The molecule has 1 heterocycles. The van der Waals surface area contributed by atoms with Gasteiger partial charge in [-0.05, 0) is 31.2 Å². The minimum Gasteiger partial charge on any atom is -0.497 e. The van der Waals surface area contributed by atoms with Gasteiger partial charge in [0.05, 0.1) is 32.0 Å². The van der Waals surface area contributed by atoms with Crippen LogP contribution in [-0.4, -0.2) is 81.8 Å². The Morgan fingerprint density at radius 3 is 2.03 bits per heavy atom. The Morgan fingerprint density at radius 2 is 1.44 bits per heavy atom. The van der Waals surface area contributed by atoms with E-state index in [4.69, 9.17) is 18.9 Å². The number of nitrogens with zero attached hydrogens (tertiary/aromatic N) is 2. The average molecular weight is 443 g/mol. The topological polar surface area (TPSA) is 77.5 Å². The molecule has 3 rings (SSSR count). The molecule has 0 atom stereocenters. The fraction of sp³-hybridized carbons (Fsp3) is 0.417. The summed E-state index contributed by atoms with van der Waals surface area (Å²) in [5.74, 6) is 1.39. The van der Waals surface area contributed by atoms with Crippen molar-refractivity contribution in [2.45, 2.75) is 6.92 Å². The van der Waals surface area contributed by atoms with Crippen molar-refractivity contribution in [3.8, 4) is 17.2 Å². The first kappa shape index (κ1) is 23.4. The SMILES string of the molecule is CCOCCOc1ccccc1C(=O)N1CCN(C(=O)c2ccc(OC)cc2OC)CC1. The van der Waals surface area contributed by atoms with Crippen LogP contribution in [-0.2, 0) is 4.74 Å². The van der Waals surface area contributed by atoms with Gasteiger partial charge in [-0.1, -0.05) is 12.1 Å². The Balaban J connectivity index is 1.62. The highest BCUT2D eigenvalue weighted by atomic mass is 16.5. The Labute approximate surface area is 188 Å². The molecule has 8 heteroatoms. The van der Waals surface area contributed by atoms with Crippen LogP contribution in [0.2, 0.25) is 0 Å². The second-order valence-corrected chi connectivity index (χ2v) is 7.19. The smallest absolute Gasteiger partial charge is 0.257 e. The van der Waals surface area contributed by atoms with Gasteiger partial charge in [0.25, 0.3) is 11.8 Å². The first-order valence-corrected chi connectivity index (χ1v) is 10.7. The summed E-state index contributed by atoms with van der Waals surface area (Å²) in [5.41, 5.74) is 0.988. The molecule has 2 amide bonds. The van der Waals surface area contributed by atoms with Gasteiger partial charge in [-0.15, -0.1) is 0 Å². The number of para-hydroxylation sites is 1. The third-order valence-electron chi connectivity index (χ3n) is 5.30. The van der Waals surface area contributed by atoms with Crippen LogP contribution in [0.3, 0.4) is 0 Å². The molecule has 0 saturated carbocycles. The molecule has 0 N–H and O–H groups in total. The van der Waals surface area contributed by atoms with Crippen molar-refractivity contribution in [3.63, 3.8) is 0 Å². The number of methoxy groups -OCH3 is 2. The Kier molecular flexibility index (Phi) is 8.33. The lowest BCUT2D eigenvalue weighted by atomic mass is 10.1. The molecule has 2 aromatic rings. The summed E-state index contributed by atoms with van der Waals surface area (Å²) in [6.45, 7) is 5.15. The molecule has 0 unspecified atom stereocenters. The first-order valence-electron chi connectivity index (χ1n) is 10.7. The average Bonchev–Trinajstić information content (AvgIpc) is 2.85. The number of hydrogen-bond acceptors (Lipinski definition) is 6. The van der Waals surface area contributed by atoms with E-state index < -0.39 is 0 Å². The zero-order chi connectivity index (χ0) is 22.9. The van der Waals surface area contributed by atoms with Crippen LogP contribution in [0.5, 0.6) is 17.2 Å². The standard InChI is InChI=1S/C24H30N2O6/c1-4-31-15-16-32-21-8-6-5-7-19(21)23(27)25-11-13-26(14-12-25)24(28)20-10-9-18(29-2)17-22(20)30-3/h5-10,17H,4,11-16H2,1-3H3. The van der Waals surface area contributed by atoms with Crippen LogP contribution in [0.4, 0.5) is 0 Å². The number of benzene rings is 2. The van der Waals surface area contributed by atoms with E-state index in [1.807, 2.05) is 19.1 Å². The van der Waals surface area contributed by atoms with Crippen molar-refractivity contribution >= 4 is 11.8 Å². The number of hydrogen-bond donors (Lipinski definition) is 0. The van der Waals surface area contributed by atoms with Gasteiger partial charge in [0, 0.05) is 38.9 Å². The number of ether oxygens (including phenoxy) is 4. The van der Waals surface area contributed by atoms with Crippen molar-refractivity contribution in [3.05, 3.63) is 53.6 Å². The number of rotatable bonds is 9. The van der Waals surface area contributed by atoms with Crippen LogP contribution in [0, 0.1) is 0 Å². The van der Waals surface area contributed by atoms with Crippen molar-refractivity contribution in [2.75, 3.05) is 60.2 Å². The molecule has 0 bridgehead atoms. The third kappa shape index (κ3) is 5.50. The van der Waals surface area contributed by atoms with Crippen LogP contribution in [0.15, 0.2) is 42.5 Å². The maximum absolute atomic E-state index is 13.1. The molecular formula is C24H30N2O6. The van der Waals surface area contributed by atoms with E-state index in [1.54, 1.807) is 47.2 Å². The highest BCUT2D eigenvalue weighted by molar-refractivity contribution is 5.98. The highest BCUT2D eigenvalue weighted by Gasteiger charge is 2.28. The Bertz CT molecular complexity index is 924. The monoisotopic (exact) mass is 442 g/mol. The predicted molar refractivity (Wildman–Crippen MR) is 120 cm³/mol. The maximum Gasteiger partial charge on any atom is 0.257 e. The van der Waals surface area contributed by atoms with Crippen LogP contribution >= 0.6 is 0 Å². The summed E-state index contributed by atoms with van der Waals surface area (Å²) in [7, 11) is 3.09. The van der Waals surface area contributed by atoms with E-state index >= 15 is 0 Å². The van der Waals surface area contributed by atoms with Crippen molar-refractivity contribution in [1.29, 1.82) is 0 Å². The lowest BCUT2D eigenvalue weighted by Crippen LogP contribution is -2.50. The van der Waals surface area contributed by atoms with Gasteiger partial charge in [0.2, 0.25) is 0 Å². The minimum absolute atomic E-state index is 0.105. The molecule has 2 aromatic carbocycles. The fourth-order valence-electron chi connectivity index (χ4n) is 3.55. The molecule has 0 aliphatic carbocycles. The van der Waals surface area contributed by atoms with Gasteiger partial charge < -0.3 is 28.7 Å². The number of amides is 2. The lowest BCUT2D eigenvalue weighted by Gasteiger charge is -2.35. The molecule has 0 spiro atoms. The minimum atomic E-state index is -0.128. The van der Waals surface area contributed by atoms with E-state index in [1.165, 1.54) is 7.11 Å². The molecule has 8 nitrogen and oxygen atoms in total. The second kappa shape index (κ2) is 11.4. The van der Waals surface area contributed by atoms with Gasteiger partial charge >= 0.3 is 0 Å². The summed E-state index contributed by atoms with van der Waals surface area (Å²) in [5, 5.41) is 0. The quantitative estimate of drug-likeness (QED) is 0.556. The summed E-state index contributed by atoms with van der Waals surface area (Å²) >= 11 is 0. The van der Waals surface area contributed by atoms with Crippen LogP contribution in [0.25, 0.3) is 0 Å². The Morgan fingerprint density at radius 1 is 0.812 bits per heavy atom. The van der Waals surface area contributed by atoms with E-state index in [0.717, 1.165) is 0 Å². The van der Waals surface area contributed by atoms with Crippen molar-refractivity contribution in [2.24, 2.45) is 0 Å². The highest BCUT2D eigenvalue weighted by Crippen LogP contribution is 2.26. The second-order valence-electron chi connectivity index (χ2n) is 7.19. The van der Waals surface area contributed by atoms with Gasteiger partial charge in [0.15, 0.2) is 0 Å². The van der Waals surface area contributed by atoms with E-state index in [0.29, 0.717) is 74.4 Å². The molecule has 0 radical (unpaired) electrons. The number of piperazine rings is 1. The molecule has 0 aromatic heterocycles. The van der Waals surface area contributed by atoms with Crippen LogP contribution < -0.4 is 14.2 Å². The maximum atomic E-state index is 13.1. The lowest BCUT2D eigenvalue weighted by molar-refractivity contribution is 0.0529. The largest absolute Gasteiger partial charge is 0.497 e. The normalized spacial score (nSPS) is 13.6. The van der Waals surface area contributed by atoms with Crippen LogP contribution in [0.1, 0.15) is 27.6 Å². The van der Waals surface area contributed by atoms with Gasteiger partial charge in [-0.2, -0.15) is 0 Å². The third-order valence-corrected chi connectivity index (χ3v) is 5.30. The summed E-state index contributed by atoms with van der Waals surface area (Å²) in [6, 6.07) is 12.3. The van der Waals surface area contributed by atoms with E-state index in [-0.39, 0.29) is 11.8 Å². The molecule has 1 saturated heterocycles. The van der Waals surface area contributed by atoms with Crippen molar-refractivity contribution in [1.82, 2.24) is 9.80 Å².